The molecule has 0 unspecified atom stereocenters. The molecule has 30 heavy (non-hydrogen) atoms. The number of non-ortho nitro benzene ring substituents is 1. The summed E-state index contributed by atoms with van der Waals surface area (Å²) in [5.74, 6) is 1.18. The van der Waals surface area contributed by atoms with Gasteiger partial charge in [0, 0.05) is 24.2 Å². The van der Waals surface area contributed by atoms with Crippen LogP contribution in [-0.2, 0) is 17.6 Å². The fraction of sp³-hybridized carbons (Fsp3) is 0.250. The first kappa shape index (κ1) is 21.3. The van der Waals surface area contributed by atoms with Gasteiger partial charge in [-0.2, -0.15) is 0 Å². The number of nitrogens with one attached hydrogen (secondary N) is 1. The molecule has 0 fully saturated rings. The van der Waals surface area contributed by atoms with Crippen LogP contribution in [0.2, 0.25) is 0 Å². The van der Waals surface area contributed by atoms with E-state index < -0.39 is 4.92 Å². The number of benzene rings is 2. The van der Waals surface area contributed by atoms with Crippen molar-refractivity contribution in [2.75, 3.05) is 18.2 Å². The highest BCUT2D eigenvalue weighted by Crippen LogP contribution is 2.19. The van der Waals surface area contributed by atoms with Crippen molar-refractivity contribution in [1.29, 1.82) is 0 Å². The lowest BCUT2D eigenvalue weighted by atomic mass is 10.1. The van der Waals surface area contributed by atoms with Gasteiger partial charge in [-0.05, 0) is 42.7 Å². The molecule has 3 rings (SSSR count). The maximum atomic E-state index is 12.0. The highest BCUT2D eigenvalue weighted by Gasteiger charge is 2.11. The molecule has 3 aromatic rings. The summed E-state index contributed by atoms with van der Waals surface area (Å²) >= 11 is 1.14. The summed E-state index contributed by atoms with van der Waals surface area (Å²) in [6, 6.07) is 13.5. The van der Waals surface area contributed by atoms with Crippen LogP contribution < -0.4 is 10.1 Å². The second-order valence-electron chi connectivity index (χ2n) is 6.30. The second-order valence-corrected chi connectivity index (χ2v) is 7.23. The molecule has 0 bridgehead atoms. The largest absolute Gasteiger partial charge is 0.497 e. The molecule has 10 heteroatoms. The molecule has 0 spiro atoms. The van der Waals surface area contributed by atoms with Crippen LogP contribution in [-0.4, -0.2) is 33.9 Å². The number of thioether (sulfide) groups is 1. The van der Waals surface area contributed by atoms with Gasteiger partial charge in [0.15, 0.2) is 0 Å². The molecule has 0 saturated heterocycles. The standard InChI is InChI=1S/C20H20N4O5S/c1-28-17-11-5-14(6-12-17)3-2-4-19-22-23-20(29-19)30-13-18(25)21-15-7-9-16(10-8-15)24(26)27/h5-12H,2-4,13H2,1H3,(H,21,25). The molecule has 0 aliphatic carbocycles. The normalized spacial score (nSPS) is 10.6. The molecule has 156 valence electrons. The van der Waals surface area contributed by atoms with E-state index in [9.17, 15) is 14.9 Å². The minimum atomic E-state index is -0.494. The minimum Gasteiger partial charge on any atom is -0.497 e. The number of aryl methyl sites for hydroxylation is 2. The van der Waals surface area contributed by atoms with Crippen molar-refractivity contribution in [2.24, 2.45) is 0 Å². The smallest absolute Gasteiger partial charge is 0.277 e. The lowest BCUT2D eigenvalue weighted by Gasteiger charge is -2.03. The first-order chi connectivity index (χ1) is 14.5. The number of methoxy groups -OCH3 is 1. The molecule has 0 atom stereocenters. The Kier molecular flexibility index (Phi) is 7.39. The van der Waals surface area contributed by atoms with E-state index in [1.165, 1.54) is 29.8 Å². The Hall–Kier alpha value is -3.40. The number of hydrogen-bond acceptors (Lipinski definition) is 8. The highest BCUT2D eigenvalue weighted by atomic mass is 32.2. The summed E-state index contributed by atoms with van der Waals surface area (Å²) in [6.07, 6.45) is 2.39. The van der Waals surface area contributed by atoms with Gasteiger partial charge in [-0.25, -0.2) is 0 Å². The van der Waals surface area contributed by atoms with E-state index in [1.807, 2.05) is 24.3 Å². The molecule has 1 heterocycles. The summed E-state index contributed by atoms with van der Waals surface area (Å²) in [5.41, 5.74) is 1.65. The van der Waals surface area contributed by atoms with Crippen LogP contribution in [0.5, 0.6) is 5.75 Å². The molecule has 0 radical (unpaired) electrons. The number of carbonyl (C=O) groups is 1. The minimum absolute atomic E-state index is 0.0345. The van der Waals surface area contributed by atoms with Gasteiger partial charge in [0.05, 0.1) is 17.8 Å². The molecule has 0 saturated carbocycles. The van der Waals surface area contributed by atoms with E-state index in [2.05, 4.69) is 15.5 Å². The van der Waals surface area contributed by atoms with Crippen LogP contribution in [0, 0.1) is 10.1 Å². The number of nitro benzene ring substituents is 1. The lowest BCUT2D eigenvalue weighted by Crippen LogP contribution is -2.13. The Balaban J connectivity index is 1.40. The van der Waals surface area contributed by atoms with Crippen molar-refractivity contribution < 1.29 is 18.9 Å². The van der Waals surface area contributed by atoms with Crippen LogP contribution in [0.3, 0.4) is 0 Å². The topological polar surface area (TPSA) is 120 Å². The average molecular weight is 428 g/mol. The molecule has 2 aromatic carbocycles. The fourth-order valence-corrected chi connectivity index (χ4v) is 3.20. The van der Waals surface area contributed by atoms with E-state index >= 15 is 0 Å². The third kappa shape index (κ3) is 6.31. The molecule has 1 amide bonds. The molecule has 9 nitrogen and oxygen atoms in total. The zero-order chi connectivity index (χ0) is 21.3. The van der Waals surface area contributed by atoms with Crippen LogP contribution in [0.1, 0.15) is 17.9 Å². The van der Waals surface area contributed by atoms with Crippen LogP contribution in [0.4, 0.5) is 11.4 Å². The van der Waals surface area contributed by atoms with E-state index in [-0.39, 0.29) is 17.3 Å². The van der Waals surface area contributed by atoms with Gasteiger partial charge in [0.25, 0.3) is 10.9 Å². The van der Waals surface area contributed by atoms with Gasteiger partial charge in [-0.3, -0.25) is 14.9 Å². The van der Waals surface area contributed by atoms with Crippen molar-refractivity contribution >= 4 is 29.0 Å². The number of ether oxygens (including phenoxy) is 1. The molecule has 1 aromatic heterocycles. The quantitative estimate of drug-likeness (QED) is 0.293. The van der Waals surface area contributed by atoms with Crippen LogP contribution in [0.15, 0.2) is 58.2 Å². The predicted octanol–water partition coefficient (Wildman–Crippen LogP) is 3.89. The van der Waals surface area contributed by atoms with Crippen LogP contribution >= 0.6 is 11.8 Å². The second kappa shape index (κ2) is 10.4. The Labute approximate surface area is 177 Å². The maximum absolute atomic E-state index is 12.0. The van der Waals surface area contributed by atoms with Crippen LogP contribution in [0.25, 0.3) is 0 Å². The molecule has 0 aliphatic heterocycles. The Bertz CT molecular complexity index is 989. The zero-order valence-electron chi connectivity index (χ0n) is 16.2. The van der Waals surface area contributed by atoms with E-state index in [1.54, 1.807) is 7.11 Å². The van der Waals surface area contributed by atoms with Crippen molar-refractivity contribution in [2.45, 2.75) is 24.5 Å². The van der Waals surface area contributed by atoms with Gasteiger partial charge in [-0.15, -0.1) is 10.2 Å². The Morgan fingerprint density at radius 3 is 2.53 bits per heavy atom. The third-order valence-corrected chi connectivity index (χ3v) is 4.97. The lowest BCUT2D eigenvalue weighted by molar-refractivity contribution is -0.384. The summed E-state index contributed by atoms with van der Waals surface area (Å²) in [7, 11) is 1.64. The Morgan fingerprint density at radius 2 is 1.87 bits per heavy atom. The summed E-state index contributed by atoms with van der Waals surface area (Å²) < 4.78 is 10.7. The van der Waals surface area contributed by atoms with Gasteiger partial charge in [-0.1, -0.05) is 23.9 Å². The first-order valence-electron chi connectivity index (χ1n) is 9.16. The van der Waals surface area contributed by atoms with Gasteiger partial charge < -0.3 is 14.5 Å². The maximum Gasteiger partial charge on any atom is 0.277 e. The van der Waals surface area contributed by atoms with Crippen molar-refractivity contribution in [1.82, 2.24) is 10.2 Å². The number of aromatic nitrogens is 2. The van der Waals surface area contributed by atoms with Crippen molar-refractivity contribution in [3.8, 4) is 5.75 Å². The van der Waals surface area contributed by atoms with Gasteiger partial charge in [0.2, 0.25) is 11.8 Å². The number of carbonyl (C=O) groups excluding carboxylic acids is 1. The number of hydrogen-bond donors (Lipinski definition) is 1. The van der Waals surface area contributed by atoms with Crippen molar-refractivity contribution in [3.63, 3.8) is 0 Å². The number of nitro groups is 1. The average Bonchev–Trinajstić information content (AvgIpc) is 3.21. The van der Waals surface area contributed by atoms with Gasteiger partial charge in [0.1, 0.15) is 5.75 Å². The molecule has 0 aliphatic rings. The number of rotatable bonds is 10. The number of nitrogens with zero attached hydrogens (tertiary/aromatic N) is 3. The van der Waals surface area contributed by atoms with E-state index in [4.69, 9.17) is 9.15 Å². The number of anilines is 1. The molecular weight excluding hydrogens is 408 g/mol. The summed E-state index contributed by atoms with van der Waals surface area (Å²) in [5, 5.41) is 21.6. The summed E-state index contributed by atoms with van der Waals surface area (Å²) in [6.45, 7) is 0. The third-order valence-electron chi connectivity index (χ3n) is 4.15. The summed E-state index contributed by atoms with van der Waals surface area (Å²) in [4.78, 5) is 22.2. The van der Waals surface area contributed by atoms with E-state index in [0.29, 0.717) is 23.2 Å². The predicted molar refractivity (Wildman–Crippen MR) is 112 cm³/mol. The fourth-order valence-electron chi connectivity index (χ4n) is 2.62. The monoisotopic (exact) mass is 428 g/mol. The zero-order valence-corrected chi connectivity index (χ0v) is 17.1. The Morgan fingerprint density at radius 1 is 1.13 bits per heavy atom. The molecule has 1 N–H and O–H groups in total. The number of amides is 1. The van der Waals surface area contributed by atoms with Gasteiger partial charge >= 0.3 is 0 Å². The molecular formula is C20H20N4O5S. The van der Waals surface area contributed by atoms with Crippen molar-refractivity contribution in [3.05, 3.63) is 70.1 Å². The highest BCUT2D eigenvalue weighted by molar-refractivity contribution is 7.99. The van der Waals surface area contributed by atoms with E-state index in [0.717, 1.165) is 30.4 Å². The first-order valence-corrected chi connectivity index (χ1v) is 10.1. The SMILES string of the molecule is COc1ccc(CCCc2nnc(SCC(=O)Nc3ccc([N+](=O)[O-])cc3)o2)cc1.